The summed E-state index contributed by atoms with van der Waals surface area (Å²) >= 11 is 5.71. The number of nitrogens with one attached hydrogen (secondary N) is 1. The fourth-order valence-corrected chi connectivity index (χ4v) is 1.59. The van der Waals surface area contributed by atoms with Gasteiger partial charge in [0, 0.05) is 24.5 Å². The van der Waals surface area contributed by atoms with Gasteiger partial charge < -0.3 is 10.4 Å². The Hall–Kier alpha value is -1.72. The van der Waals surface area contributed by atoms with Gasteiger partial charge in [-0.3, -0.25) is 0 Å². The van der Waals surface area contributed by atoms with Crippen molar-refractivity contribution in [1.82, 2.24) is 9.97 Å². The Balaban J connectivity index is 2.20. The van der Waals surface area contributed by atoms with Crippen LogP contribution >= 0.6 is 11.6 Å². The molecule has 0 radical (unpaired) electrons. The van der Waals surface area contributed by atoms with Gasteiger partial charge in [-0.2, -0.15) is 0 Å². The minimum absolute atomic E-state index is 0.0126. The second-order valence-corrected chi connectivity index (χ2v) is 3.98. The Morgan fingerprint density at radius 3 is 2.56 bits per heavy atom. The van der Waals surface area contributed by atoms with Crippen LogP contribution in [0.3, 0.4) is 0 Å². The van der Waals surface area contributed by atoms with Crippen molar-refractivity contribution < 1.29 is 9.50 Å². The summed E-state index contributed by atoms with van der Waals surface area (Å²) in [5, 5.41) is 11.5. The standard InChI is InChI=1S/C12H11ClFN3O/c13-10-5-8(1-2-11(10)14)9-6-16-12(17-7-9)15-3-4-18/h1-2,5-7,18H,3-4H2,(H,15,16,17). The van der Waals surface area contributed by atoms with Crippen molar-refractivity contribution in [1.29, 1.82) is 0 Å². The molecule has 0 saturated heterocycles. The van der Waals surface area contributed by atoms with Crippen molar-refractivity contribution in [3.63, 3.8) is 0 Å². The molecule has 1 heterocycles. The zero-order chi connectivity index (χ0) is 13.0. The van der Waals surface area contributed by atoms with Gasteiger partial charge in [-0.05, 0) is 17.7 Å². The summed E-state index contributed by atoms with van der Waals surface area (Å²) in [6, 6.07) is 4.44. The lowest BCUT2D eigenvalue weighted by Crippen LogP contribution is -2.08. The second-order valence-electron chi connectivity index (χ2n) is 3.57. The van der Waals surface area contributed by atoms with E-state index in [9.17, 15) is 4.39 Å². The van der Waals surface area contributed by atoms with Gasteiger partial charge in [-0.15, -0.1) is 0 Å². The molecule has 2 N–H and O–H groups in total. The quantitative estimate of drug-likeness (QED) is 0.893. The molecular weight excluding hydrogens is 257 g/mol. The van der Waals surface area contributed by atoms with E-state index in [0.29, 0.717) is 12.5 Å². The molecule has 1 aromatic heterocycles. The topological polar surface area (TPSA) is 58.0 Å². The van der Waals surface area contributed by atoms with E-state index < -0.39 is 5.82 Å². The first-order valence-electron chi connectivity index (χ1n) is 5.33. The number of hydrogen-bond acceptors (Lipinski definition) is 4. The zero-order valence-electron chi connectivity index (χ0n) is 9.40. The van der Waals surface area contributed by atoms with Crippen molar-refractivity contribution in [3.05, 3.63) is 41.4 Å². The Kier molecular flexibility index (Phi) is 4.07. The molecule has 0 fully saturated rings. The molecule has 1 aromatic carbocycles. The van der Waals surface area contributed by atoms with Crippen LogP contribution in [-0.2, 0) is 0 Å². The first-order valence-corrected chi connectivity index (χ1v) is 5.70. The number of aliphatic hydroxyl groups is 1. The lowest BCUT2D eigenvalue weighted by molar-refractivity contribution is 0.311. The Morgan fingerprint density at radius 1 is 1.22 bits per heavy atom. The van der Waals surface area contributed by atoms with Crippen molar-refractivity contribution >= 4 is 17.5 Å². The highest BCUT2D eigenvalue weighted by Gasteiger charge is 2.04. The van der Waals surface area contributed by atoms with Gasteiger partial charge in [0.15, 0.2) is 0 Å². The predicted molar refractivity (Wildman–Crippen MR) is 68.0 cm³/mol. The van der Waals surface area contributed by atoms with Crippen LogP contribution in [0.1, 0.15) is 0 Å². The summed E-state index contributed by atoms with van der Waals surface area (Å²) in [7, 11) is 0. The molecular formula is C12H11ClFN3O. The van der Waals surface area contributed by atoms with Crippen molar-refractivity contribution in [2.45, 2.75) is 0 Å². The second kappa shape index (κ2) is 5.75. The Bertz CT molecular complexity index is 533. The molecule has 0 unspecified atom stereocenters. The van der Waals surface area contributed by atoms with Crippen molar-refractivity contribution in [2.24, 2.45) is 0 Å². The van der Waals surface area contributed by atoms with Crippen LogP contribution < -0.4 is 5.32 Å². The third-order valence-electron chi connectivity index (χ3n) is 2.30. The van der Waals surface area contributed by atoms with E-state index in [-0.39, 0.29) is 11.6 Å². The van der Waals surface area contributed by atoms with Crippen LogP contribution in [0.25, 0.3) is 11.1 Å². The maximum Gasteiger partial charge on any atom is 0.222 e. The van der Waals surface area contributed by atoms with Crippen LogP contribution in [0.2, 0.25) is 5.02 Å². The first-order chi connectivity index (χ1) is 8.70. The maximum atomic E-state index is 13.0. The third-order valence-corrected chi connectivity index (χ3v) is 2.59. The van der Waals surface area contributed by atoms with E-state index in [2.05, 4.69) is 15.3 Å². The average Bonchev–Trinajstić information content (AvgIpc) is 2.40. The summed E-state index contributed by atoms with van der Waals surface area (Å²) in [6.07, 6.45) is 3.21. The molecule has 2 rings (SSSR count). The van der Waals surface area contributed by atoms with E-state index in [1.807, 2.05) is 0 Å². The average molecular weight is 268 g/mol. The largest absolute Gasteiger partial charge is 0.395 e. The number of nitrogens with zero attached hydrogens (tertiary/aromatic N) is 2. The molecule has 0 spiro atoms. The fourth-order valence-electron chi connectivity index (χ4n) is 1.41. The van der Waals surface area contributed by atoms with Gasteiger partial charge in [0.1, 0.15) is 5.82 Å². The lowest BCUT2D eigenvalue weighted by atomic mass is 10.1. The van der Waals surface area contributed by atoms with Crippen LogP contribution in [0.15, 0.2) is 30.6 Å². The highest BCUT2D eigenvalue weighted by molar-refractivity contribution is 6.31. The fraction of sp³-hybridized carbons (Fsp3) is 0.167. The summed E-state index contributed by atoms with van der Waals surface area (Å²) in [5.74, 6) is -0.0245. The van der Waals surface area contributed by atoms with Gasteiger partial charge >= 0.3 is 0 Å². The van der Waals surface area contributed by atoms with E-state index in [1.54, 1.807) is 18.5 Å². The van der Waals surface area contributed by atoms with Gasteiger partial charge in [0.05, 0.1) is 11.6 Å². The Morgan fingerprint density at radius 2 is 1.94 bits per heavy atom. The summed E-state index contributed by atoms with van der Waals surface area (Å²) in [5.41, 5.74) is 1.49. The van der Waals surface area contributed by atoms with Gasteiger partial charge in [0.25, 0.3) is 0 Å². The smallest absolute Gasteiger partial charge is 0.222 e. The number of aliphatic hydroxyl groups excluding tert-OH is 1. The van der Waals surface area contributed by atoms with Crippen molar-refractivity contribution in [3.8, 4) is 11.1 Å². The minimum Gasteiger partial charge on any atom is -0.395 e. The molecule has 0 atom stereocenters. The molecule has 2 aromatic rings. The number of benzene rings is 1. The van der Waals surface area contributed by atoms with Crippen LogP contribution in [0, 0.1) is 5.82 Å². The predicted octanol–water partition coefficient (Wildman–Crippen LogP) is 2.34. The molecule has 94 valence electrons. The number of anilines is 1. The van der Waals surface area contributed by atoms with Crippen LogP contribution in [0.4, 0.5) is 10.3 Å². The molecule has 0 saturated carbocycles. The first kappa shape index (κ1) is 12.7. The molecule has 4 nitrogen and oxygen atoms in total. The molecule has 0 amide bonds. The van der Waals surface area contributed by atoms with Gasteiger partial charge in [-0.1, -0.05) is 17.7 Å². The van der Waals surface area contributed by atoms with Gasteiger partial charge in [0.2, 0.25) is 5.95 Å². The van der Waals surface area contributed by atoms with E-state index >= 15 is 0 Å². The normalized spacial score (nSPS) is 10.4. The van der Waals surface area contributed by atoms with E-state index in [4.69, 9.17) is 16.7 Å². The zero-order valence-corrected chi connectivity index (χ0v) is 10.2. The maximum absolute atomic E-state index is 13.0. The number of rotatable bonds is 4. The highest BCUT2D eigenvalue weighted by atomic mass is 35.5. The molecule has 18 heavy (non-hydrogen) atoms. The number of aromatic nitrogens is 2. The van der Waals surface area contributed by atoms with Gasteiger partial charge in [-0.25, -0.2) is 14.4 Å². The lowest BCUT2D eigenvalue weighted by Gasteiger charge is -2.05. The SMILES string of the molecule is OCCNc1ncc(-c2ccc(F)c(Cl)c2)cn1. The number of halogens is 2. The van der Waals surface area contributed by atoms with E-state index in [0.717, 1.165) is 11.1 Å². The monoisotopic (exact) mass is 267 g/mol. The highest BCUT2D eigenvalue weighted by Crippen LogP contribution is 2.24. The third kappa shape index (κ3) is 2.94. The minimum atomic E-state index is -0.456. The molecule has 0 aliphatic carbocycles. The Labute approximate surface area is 108 Å². The molecule has 0 aliphatic rings. The summed E-state index contributed by atoms with van der Waals surface area (Å²) in [4.78, 5) is 8.15. The van der Waals surface area contributed by atoms with Crippen molar-refractivity contribution in [2.75, 3.05) is 18.5 Å². The number of hydrogen-bond donors (Lipinski definition) is 2. The van der Waals surface area contributed by atoms with Crippen LogP contribution in [-0.4, -0.2) is 28.2 Å². The van der Waals surface area contributed by atoms with E-state index in [1.165, 1.54) is 12.1 Å². The summed E-state index contributed by atoms with van der Waals surface area (Å²) < 4.78 is 13.0. The molecule has 6 heteroatoms. The summed E-state index contributed by atoms with van der Waals surface area (Å²) in [6.45, 7) is 0.403. The molecule has 0 aliphatic heterocycles. The molecule has 0 bridgehead atoms. The van der Waals surface area contributed by atoms with Crippen LogP contribution in [0.5, 0.6) is 0 Å².